The van der Waals surface area contributed by atoms with Gasteiger partial charge in [-0.05, 0) is 25.1 Å². The molecular formula is C19H13F3N6O. The Hall–Kier alpha value is -3.82. The normalized spacial score (nSPS) is 11.6. The molecule has 0 aliphatic rings. The first-order valence-electron chi connectivity index (χ1n) is 8.44. The number of alkyl halides is 3. The number of aromatic nitrogens is 5. The summed E-state index contributed by atoms with van der Waals surface area (Å²) in [5.74, 6) is -0.506. The average Bonchev–Trinajstić information content (AvgIpc) is 3.02. The highest BCUT2D eigenvalue weighted by Crippen LogP contribution is 2.36. The highest BCUT2D eigenvalue weighted by atomic mass is 19.4. The van der Waals surface area contributed by atoms with Crippen LogP contribution in [-0.2, 0) is 6.18 Å². The number of amides is 1. The number of fused-ring (bicyclic) bond motifs is 1. The first kappa shape index (κ1) is 18.5. The van der Waals surface area contributed by atoms with Gasteiger partial charge in [-0.3, -0.25) is 4.79 Å². The number of nitrogens with zero attached hydrogens (tertiary/aromatic N) is 5. The fourth-order valence-electron chi connectivity index (χ4n) is 2.89. The van der Waals surface area contributed by atoms with Crippen LogP contribution < -0.4 is 5.32 Å². The van der Waals surface area contributed by atoms with Crippen molar-refractivity contribution >= 4 is 17.2 Å². The van der Waals surface area contributed by atoms with E-state index in [0.717, 1.165) is 6.07 Å². The second kappa shape index (κ2) is 6.97. The SMILES string of the molecule is Cc1nn2ccc(-c3ccccc3C(F)(F)F)nc2c1NC(=O)c1ccncn1. The first-order chi connectivity index (χ1) is 13.8. The Morgan fingerprint density at radius 1 is 1.14 bits per heavy atom. The number of aryl methyl sites for hydroxylation is 1. The van der Waals surface area contributed by atoms with E-state index in [0.29, 0.717) is 11.4 Å². The zero-order valence-electron chi connectivity index (χ0n) is 15.0. The highest BCUT2D eigenvalue weighted by Gasteiger charge is 2.33. The van der Waals surface area contributed by atoms with Crippen molar-refractivity contribution in [1.29, 1.82) is 0 Å². The number of carbonyl (C=O) groups is 1. The van der Waals surface area contributed by atoms with Crippen LogP contribution in [0.25, 0.3) is 16.9 Å². The van der Waals surface area contributed by atoms with Gasteiger partial charge in [0, 0.05) is 18.0 Å². The first-order valence-corrected chi connectivity index (χ1v) is 8.44. The van der Waals surface area contributed by atoms with Crippen molar-refractivity contribution in [3.8, 4) is 11.3 Å². The molecule has 1 N–H and O–H groups in total. The van der Waals surface area contributed by atoms with Crippen molar-refractivity contribution in [2.75, 3.05) is 5.32 Å². The van der Waals surface area contributed by atoms with Crippen LogP contribution in [0.4, 0.5) is 18.9 Å². The largest absolute Gasteiger partial charge is 0.417 e. The van der Waals surface area contributed by atoms with Crippen LogP contribution in [0.15, 0.2) is 55.1 Å². The Balaban J connectivity index is 1.80. The molecule has 0 saturated heterocycles. The van der Waals surface area contributed by atoms with E-state index in [1.807, 2.05) is 0 Å². The predicted octanol–water partition coefficient (Wildman–Crippen LogP) is 3.77. The number of hydrogen-bond donors (Lipinski definition) is 1. The van der Waals surface area contributed by atoms with E-state index in [1.54, 1.807) is 6.92 Å². The molecular weight excluding hydrogens is 385 g/mol. The van der Waals surface area contributed by atoms with Gasteiger partial charge in [-0.15, -0.1) is 0 Å². The molecule has 0 fully saturated rings. The van der Waals surface area contributed by atoms with Crippen molar-refractivity contribution < 1.29 is 18.0 Å². The third-order valence-electron chi connectivity index (χ3n) is 4.22. The fraction of sp³-hybridized carbons (Fsp3) is 0.105. The lowest BCUT2D eigenvalue weighted by Crippen LogP contribution is -2.14. The Morgan fingerprint density at radius 2 is 1.93 bits per heavy atom. The van der Waals surface area contributed by atoms with E-state index in [1.165, 1.54) is 53.6 Å². The minimum Gasteiger partial charge on any atom is -0.316 e. The molecule has 4 rings (SSSR count). The van der Waals surface area contributed by atoms with E-state index >= 15 is 0 Å². The molecule has 3 aromatic heterocycles. The van der Waals surface area contributed by atoms with E-state index in [-0.39, 0.29) is 22.6 Å². The third-order valence-corrected chi connectivity index (χ3v) is 4.22. The van der Waals surface area contributed by atoms with Gasteiger partial charge in [0.25, 0.3) is 5.91 Å². The van der Waals surface area contributed by atoms with Crippen molar-refractivity contribution in [2.24, 2.45) is 0 Å². The summed E-state index contributed by atoms with van der Waals surface area (Å²) in [6.45, 7) is 1.66. The lowest BCUT2D eigenvalue weighted by Gasteiger charge is -2.12. The number of nitrogens with one attached hydrogen (secondary N) is 1. The lowest BCUT2D eigenvalue weighted by atomic mass is 10.0. The van der Waals surface area contributed by atoms with Gasteiger partial charge in [-0.25, -0.2) is 19.5 Å². The summed E-state index contributed by atoms with van der Waals surface area (Å²) >= 11 is 0. The van der Waals surface area contributed by atoms with Crippen molar-refractivity contribution in [2.45, 2.75) is 13.1 Å². The Labute approximate surface area is 162 Å². The molecule has 0 spiro atoms. The van der Waals surface area contributed by atoms with E-state index in [4.69, 9.17) is 0 Å². The van der Waals surface area contributed by atoms with E-state index in [9.17, 15) is 18.0 Å². The summed E-state index contributed by atoms with van der Waals surface area (Å²) in [4.78, 5) is 24.4. The lowest BCUT2D eigenvalue weighted by molar-refractivity contribution is -0.137. The zero-order valence-corrected chi connectivity index (χ0v) is 15.0. The summed E-state index contributed by atoms with van der Waals surface area (Å²) in [5.41, 5.74) is 0.370. The molecule has 1 aromatic carbocycles. The summed E-state index contributed by atoms with van der Waals surface area (Å²) < 4.78 is 41.5. The Morgan fingerprint density at radius 3 is 2.66 bits per heavy atom. The van der Waals surface area contributed by atoms with Gasteiger partial charge < -0.3 is 5.32 Å². The summed E-state index contributed by atoms with van der Waals surface area (Å²) in [6, 6.07) is 8.07. The molecule has 0 saturated carbocycles. The minimum atomic E-state index is -4.52. The maximum absolute atomic E-state index is 13.4. The second-order valence-corrected chi connectivity index (χ2v) is 6.13. The van der Waals surface area contributed by atoms with Gasteiger partial charge in [0.1, 0.15) is 17.7 Å². The van der Waals surface area contributed by atoms with Gasteiger partial charge in [-0.1, -0.05) is 18.2 Å². The van der Waals surface area contributed by atoms with Gasteiger partial charge >= 0.3 is 6.18 Å². The summed E-state index contributed by atoms with van der Waals surface area (Å²) in [7, 11) is 0. The average molecular weight is 398 g/mol. The van der Waals surface area contributed by atoms with Crippen molar-refractivity contribution in [1.82, 2.24) is 24.6 Å². The van der Waals surface area contributed by atoms with Gasteiger partial charge in [0.15, 0.2) is 5.65 Å². The number of benzene rings is 1. The standard InChI is InChI=1S/C19H13F3N6O/c1-11-16(26-18(29)15-6-8-23-10-24-15)17-25-14(7-9-28(17)27-11)12-4-2-3-5-13(12)19(20,21)22/h2-10H,1H3,(H,26,29). The smallest absolute Gasteiger partial charge is 0.316 e. The highest BCUT2D eigenvalue weighted by molar-refractivity contribution is 6.05. The number of hydrogen-bond acceptors (Lipinski definition) is 5. The van der Waals surface area contributed by atoms with E-state index < -0.39 is 17.6 Å². The zero-order chi connectivity index (χ0) is 20.6. The number of carbonyl (C=O) groups excluding carboxylic acids is 1. The van der Waals surface area contributed by atoms with Crippen LogP contribution >= 0.6 is 0 Å². The molecule has 146 valence electrons. The molecule has 0 atom stereocenters. The monoisotopic (exact) mass is 398 g/mol. The maximum Gasteiger partial charge on any atom is 0.417 e. The third kappa shape index (κ3) is 3.51. The van der Waals surface area contributed by atoms with E-state index in [2.05, 4.69) is 25.4 Å². The number of anilines is 1. The summed E-state index contributed by atoms with van der Waals surface area (Å²) in [6.07, 6.45) is -0.361. The molecule has 4 aromatic rings. The van der Waals surface area contributed by atoms with Gasteiger partial charge in [0.2, 0.25) is 0 Å². The molecule has 1 amide bonds. The number of rotatable bonds is 3. The maximum atomic E-state index is 13.4. The molecule has 29 heavy (non-hydrogen) atoms. The van der Waals surface area contributed by atoms with Crippen LogP contribution in [-0.4, -0.2) is 30.5 Å². The second-order valence-electron chi connectivity index (χ2n) is 6.13. The fourth-order valence-corrected chi connectivity index (χ4v) is 2.89. The Bertz CT molecular complexity index is 1200. The molecule has 0 unspecified atom stereocenters. The topological polar surface area (TPSA) is 85.1 Å². The molecule has 10 heteroatoms. The van der Waals surface area contributed by atoms with Crippen molar-refractivity contribution in [3.63, 3.8) is 0 Å². The van der Waals surface area contributed by atoms with Crippen LogP contribution in [0.5, 0.6) is 0 Å². The summed E-state index contributed by atoms with van der Waals surface area (Å²) in [5, 5.41) is 6.93. The van der Waals surface area contributed by atoms with Crippen LogP contribution in [0.2, 0.25) is 0 Å². The molecule has 0 aliphatic carbocycles. The van der Waals surface area contributed by atoms with Crippen molar-refractivity contribution in [3.05, 3.63) is 72.1 Å². The van der Waals surface area contributed by atoms with Crippen LogP contribution in [0.3, 0.4) is 0 Å². The molecule has 3 heterocycles. The Kier molecular flexibility index (Phi) is 4.45. The molecule has 0 bridgehead atoms. The minimum absolute atomic E-state index is 0.0607. The van der Waals surface area contributed by atoms with Gasteiger partial charge in [-0.2, -0.15) is 18.3 Å². The molecule has 7 nitrogen and oxygen atoms in total. The molecule has 0 aliphatic heterocycles. The van der Waals surface area contributed by atoms with Gasteiger partial charge in [0.05, 0.1) is 17.0 Å². The molecule has 0 radical (unpaired) electrons. The predicted molar refractivity (Wildman–Crippen MR) is 98.1 cm³/mol. The van der Waals surface area contributed by atoms with Crippen LogP contribution in [0.1, 0.15) is 21.7 Å². The quantitative estimate of drug-likeness (QED) is 0.568. The van der Waals surface area contributed by atoms with Crippen LogP contribution in [0, 0.1) is 6.92 Å². The number of halogens is 3.